The van der Waals surface area contributed by atoms with Crippen LogP contribution < -0.4 is 11.3 Å². The molecule has 4 nitrogen and oxygen atoms in total. The minimum Gasteiger partial charge on any atom is -0.466 e. The van der Waals surface area contributed by atoms with Gasteiger partial charge in [-0.2, -0.15) is 0 Å². The summed E-state index contributed by atoms with van der Waals surface area (Å²) >= 11 is 3.52. The van der Waals surface area contributed by atoms with Crippen molar-refractivity contribution in [1.82, 2.24) is 5.43 Å². The average molecular weight is 331 g/mol. The molecule has 2 rings (SSSR count). The second kappa shape index (κ2) is 6.39. The van der Waals surface area contributed by atoms with Crippen LogP contribution in [0.4, 0.5) is 0 Å². The maximum absolute atomic E-state index is 6.13. The van der Waals surface area contributed by atoms with Gasteiger partial charge in [0.05, 0.1) is 16.3 Å². The van der Waals surface area contributed by atoms with Crippen molar-refractivity contribution >= 4 is 15.9 Å². The molecule has 1 unspecified atom stereocenters. The third-order valence-corrected chi connectivity index (χ3v) is 4.81. The maximum atomic E-state index is 6.13. The van der Waals surface area contributed by atoms with E-state index in [9.17, 15) is 0 Å². The van der Waals surface area contributed by atoms with Crippen LogP contribution in [0.5, 0.6) is 0 Å². The van der Waals surface area contributed by atoms with Crippen molar-refractivity contribution in [3.8, 4) is 0 Å². The van der Waals surface area contributed by atoms with E-state index >= 15 is 0 Å². The summed E-state index contributed by atoms with van der Waals surface area (Å²) in [7, 11) is 0. The standard InChI is InChI=1S/C14H23BrN2O2/c1-3-19-14(7-4-10(2)5-8-14)13(17-16)12-11(15)6-9-18-12/h6,9-10,13,17H,3-5,7-8,16H2,1-2H3. The van der Waals surface area contributed by atoms with E-state index < -0.39 is 0 Å². The zero-order valence-corrected chi connectivity index (χ0v) is 13.2. The van der Waals surface area contributed by atoms with Gasteiger partial charge in [-0.1, -0.05) is 6.92 Å². The second-order valence-corrected chi connectivity index (χ2v) is 6.27. The molecule has 1 saturated carbocycles. The fraction of sp³-hybridized carbons (Fsp3) is 0.714. The number of hydrogen-bond donors (Lipinski definition) is 2. The van der Waals surface area contributed by atoms with Crippen molar-refractivity contribution < 1.29 is 9.15 Å². The molecule has 19 heavy (non-hydrogen) atoms. The molecule has 108 valence electrons. The summed E-state index contributed by atoms with van der Waals surface area (Å²) in [6.07, 6.45) is 6.01. The van der Waals surface area contributed by atoms with Gasteiger partial charge in [-0.15, -0.1) is 0 Å². The van der Waals surface area contributed by atoms with Crippen LogP contribution in [0.15, 0.2) is 21.2 Å². The Balaban J connectivity index is 2.28. The highest BCUT2D eigenvalue weighted by molar-refractivity contribution is 9.10. The van der Waals surface area contributed by atoms with Crippen molar-refractivity contribution in [2.24, 2.45) is 11.8 Å². The van der Waals surface area contributed by atoms with E-state index in [1.807, 2.05) is 13.0 Å². The molecule has 1 atom stereocenters. The predicted molar refractivity (Wildman–Crippen MR) is 78.5 cm³/mol. The van der Waals surface area contributed by atoms with Gasteiger partial charge in [0, 0.05) is 6.61 Å². The Bertz CT molecular complexity index is 400. The number of hydrazine groups is 1. The smallest absolute Gasteiger partial charge is 0.139 e. The fourth-order valence-electron chi connectivity index (χ4n) is 3.03. The van der Waals surface area contributed by atoms with Crippen molar-refractivity contribution in [3.05, 3.63) is 22.6 Å². The molecule has 0 aliphatic heterocycles. The Hall–Kier alpha value is -0.360. The molecule has 1 aromatic heterocycles. The highest BCUT2D eigenvalue weighted by atomic mass is 79.9. The molecular formula is C14H23BrN2O2. The average Bonchev–Trinajstić information content (AvgIpc) is 2.81. The van der Waals surface area contributed by atoms with Gasteiger partial charge in [0.15, 0.2) is 0 Å². The van der Waals surface area contributed by atoms with Crippen LogP contribution in [0, 0.1) is 5.92 Å². The number of nitrogens with one attached hydrogen (secondary N) is 1. The van der Waals surface area contributed by atoms with Crippen LogP contribution >= 0.6 is 15.9 Å². The second-order valence-electron chi connectivity index (χ2n) is 5.41. The Labute approximate surface area is 123 Å². The summed E-state index contributed by atoms with van der Waals surface area (Å²) in [5.74, 6) is 7.38. The van der Waals surface area contributed by atoms with Crippen LogP contribution in [0.25, 0.3) is 0 Å². The molecular weight excluding hydrogens is 308 g/mol. The first-order chi connectivity index (χ1) is 9.13. The van der Waals surface area contributed by atoms with Crippen molar-refractivity contribution in [1.29, 1.82) is 0 Å². The molecule has 0 saturated heterocycles. The summed E-state index contributed by atoms with van der Waals surface area (Å²) in [6, 6.07) is 1.77. The Morgan fingerprint density at radius 2 is 2.26 bits per heavy atom. The summed E-state index contributed by atoms with van der Waals surface area (Å²) in [4.78, 5) is 0. The van der Waals surface area contributed by atoms with Gasteiger partial charge in [-0.3, -0.25) is 5.84 Å². The molecule has 3 N–H and O–H groups in total. The predicted octanol–water partition coefficient (Wildman–Crippen LogP) is 3.53. The molecule has 0 radical (unpaired) electrons. The van der Waals surface area contributed by atoms with Crippen molar-refractivity contribution in [3.63, 3.8) is 0 Å². The molecule has 1 heterocycles. The molecule has 0 amide bonds. The van der Waals surface area contributed by atoms with E-state index in [1.54, 1.807) is 6.26 Å². The molecule has 0 bridgehead atoms. The lowest BCUT2D eigenvalue weighted by Gasteiger charge is -2.43. The molecule has 1 aliphatic carbocycles. The molecule has 1 fully saturated rings. The molecule has 1 aliphatic rings. The van der Waals surface area contributed by atoms with Gasteiger partial charge in [-0.05, 0) is 60.5 Å². The lowest BCUT2D eigenvalue weighted by molar-refractivity contribution is -0.102. The van der Waals surface area contributed by atoms with Crippen LogP contribution in [0.1, 0.15) is 51.3 Å². The van der Waals surface area contributed by atoms with Gasteiger partial charge in [0.2, 0.25) is 0 Å². The van der Waals surface area contributed by atoms with Crippen LogP contribution in [0.2, 0.25) is 0 Å². The molecule has 0 spiro atoms. The van der Waals surface area contributed by atoms with E-state index in [1.165, 1.54) is 0 Å². The number of furan rings is 1. The first kappa shape index (κ1) is 15.0. The lowest BCUT2D eigenvalue weighted by atomic mass is 9.74. The Kier molecular flexibility index (Phi) is 5.06. The van der Waals surface area contributed by atoms with Crippen molar-refractivity contribution in [2.75, 3.05) is 6.61 Å². The van der Waals surface area contributed by atoms with E-state index in [0.29, 0.717) is 6.61 Å². The third-order valence-electron chi connectivity index (χ3n) is 4.15. The van der Waals surface area contributed by atoms with E-state index in [0.717, 1.165) is 41.8 Å². The Morgan fingerprint density at radius 1 is 1.58 bits per heavy atom. The first-order valence-electron chi connectivity index (χ1n) is 6.96. The van der Waals surface area contributed by atoms with Gasteiger partial charge < -0.3 is 9.15 Å². The van der Waals surface area contributed by atoms with Crippen molar-refractivity contribution in [2.45, 2.75) is 51.2 Å². The van der Waals surface area contributed by atoms with Crippen LogP contribution in [-0.4, -0.2) is 12.2 Å². The zero-order chi connectivity index (χ0) is 13.9. The molecule has 5 heteroatoms. The normalized spacial score (nSPS) is 29.4. The highest BCUT2D eigenvalue weighted by Gasteiger charge is 2.44. The minimum absolute atomic E-state index is 0.121. The fourth-order valence-corrected chi connectivity index (χ4v) is 3.46. The van der Waals surface area contributed by atoms with E-state index in [4.69, 9.17) is 15.0 Å². The minimum atomic E-state index is -0.267. The van der Waals surface area contributed by atoms with Gasteiger partial charge in [0.1, 0.15) is 11.8 Å². The number of halogens is 1. The summed E-state index contributed by atoms with van der Waals surface area (Å²) in [5, 5.41) is 0. The SMILES string of the molecule is CCOC1(C(NN)c2occc2Br)CCC(C)CC1. The summed E-state index contributed by atoms with van der Waals surface area (Å²) in [5.41, 5.74) is 2.64. The van der Waals surface area contributed by atoms with Crippen LogP contribution in [0.3, 0.4) is 0 Å². The number of hydrogen-bond acceptors (Lipinski definition) is 4. The number of nitrogens with two attached hydrogens (primary N) is 1. The van der Waals surface area contributed by atoms with Gasteiger partial charge in [-0.25, -0.2) is 5.43 Å². The van der Waals surface area contributed by atoms with E-state index in [2.05, 4.69) is 28.3 Å². The first-order valence-corrected chi connectivity index (χ1v) is 7.75. The lowest BCUT2D eigenvalue weighted by Crippen LogP contribution is -2.50. The molecule has 1 aromatic rings. The molecule has 0 aromatic carbocycles. The Morgan fingerprint density at radius 3 is 2.74 bits per heavy atom. The summed E-state index contributed by atoms with van der Waals surface area (Å²) in [6.45, 7) is 5.01. The number of ether oxygens (including phenoxy) is 1. The quantitative estimate of drug-likeness (QED) is 0.640. The topological polar surface area (TPSA) is 60.4 Å². The van der Waals surface area contributed by atoms with Gasteiger partial charge in [0.25, 0.3) is 0 Å². The third kappa shape index (κ3) is 3.05. The zero-order valence-electron chi connectivity index (χ0n) is 11.6. The highest BCUT2D eigenvalue weighted by Crippen LogP contribution is 2.44. The van der Waals surface area contributed by atoms with Gasteiger partial charge >= 0.3 is 0 Å². The monoisotopic (exact) mass is 330 g/mol. The number of rotatable bonds is 5. The van der Waals surface area contributed by atoms with Crippen LogP contribution in [-0.2, 0) is 4.74 Å². The summed E-state index contributed by atoms with van der Waals surface area (Å²) < 4.78 is 12.7. The largest absolute Gasteiger partial charge is 0.466 e. The van der Waals surface area contributed by atoms with E-state index in [-0.39, 0.29) is 11.6 Å². The maximum Gasteiger partial charge on any atom is 0.139 e.